The average molecular weight is 318 g/mol. The van der Waals surface area contributed by atoms with Gasteiger partial charge in [0.15, 0.2) is 17.4 Å². The molecule has 0 aliphatic rings. The molecule has 2 aromatic carbocycles. The molecule has 0 aliphatic carbocycles. The zero-order valence-corrected chi connectivity index (χ0v) is 11.5. The van der Waals surface area contributed by atoms with Crippen LogP contribution in [-0.4, -0.2) is 14.4 Å². The molecule has 2 rings (SSSR count). The molecule has 8 heteroatoms. The van der Waals surface area contributed by atoms with Crippen LogP contribution >= 0.6 is 0 Å². The summed E-state index contributed by atoms with van der Waals surface area (Å²) in [5.74, 6) is -9.82. The highest BCUT2D eigenvalue weighted by Crippen LogP contribution is 2.24. The highest BCUT2D eigenvalue weighted by Gasteiger charge is 2.27. The second kappa shape index (κ2) is 5.94. The first-order valence-electron chi connectivity index (χ1n) is 6.11. The number of hydrogen-bond donors (Lipinski definition) is 0. The normalized spacial score (nSPS) is 10.7. The van der Waals surface area contributed by atoms with E-state index in [0.29, 0.717) is 6.07 Å². The third-order valence-corrected chi connectivity index (χ3v) is 3.30. The summed E-state index contributed by atoms with van der Waals surface area (Å²) < 4.78 is 85.8. The number of methoxy groups -OCH3 is 1. The van der Waals surface area contributed by atoms with Crippen LogP contribution in [0.4, 0.5) is 26.3 Å². The Bertz CT molecular complexity index is 718. The van der Waals surface area contributed by atoms with Crippen LogP contribution in [0.5, 0.6) is 5.75 Å². The third-order valence-electron chi connectivity index (χ3n) is 3.30. The van der Waals surface area contributed by atoms with Gasteiger partial charge in [-0.1, -0.05) is 5.46 Å². The zero-order chi connectivity index (χ0) is 16.6. The van der Waals surface area contributed by atoms with Crippen molar-refractivity contribution in [2.45, 2.75) is 6.92 Å². The summed E-state index contributed by atoms with van der Waals surface area (Å²) in [5.41, 5.74) is -1.17. The van der Waals surface area contributed by atoms with Crippen LogP contribution in [0.25, 0.3) is 0 Å². The van der Waals surface area contributed by atoms with Crippen LogP contribution in [0.3, 0.4) is 0 Å². The van der Waals surface area contributed by atoms with E-state index in [9.17, 15) is 26.3 Å². The van der Waals surface area contributed by atoms with Gasteiger partial charge < -0.3 is 4.74 Å². The van der Waals surface area contributed by atoms with Crippen molar-refractivity contribution in [3.63, 3.8) is 0 Å². The Balaban J connectivity index is 2.61. The van der Waals surface area contributed by atoms with Crippen LogP contribution in [0, 0.1) is 41.8 Å². The maximum atomic E-state index is 13.9. The van der Waals surface area contributed by atoms with Gasteiger partial charge in [-0.05, 0) is 24.0 Å². The number of benzene rings is 2. The lowest BCUT2D eigenvalue weighted by Gasteiger charge is -2.12. The minimum atomic E-state index is -1.70. The summed E-state index contributed by atoms with van der Waals surface area (Å²) >= 11 is 0. The molecule has 0 saturated heterocycles. The zero-order valence-electron chi connectivity index (χ0n) is 11.5. The maximum Gasteiger partial charge on any atom is 0.203 e. The predicted octanol–water partition coefficient (Wildman–Crippen LogP) is 2.23. The molecular formula is C14H9BF6O. The second-order valence-corrected chi connectivity index (χ2v) is 4.62. The second-order valence-electron chi connectivity index (χ2n) is 4.62. The van der Waals surface area contributed by atoms with Gasteiger partial charge in [0, 0.05) is 6.07 Å². The predicted molar refractivity (Wildman–Crippen MR) is 70.3 cm³/mol. The molecule has 1 nitrogen and oxygen atoms in total. The lowest BCUT2D eigenvalue weighted by Crippen LogP contribution is -2.36. The van der Waals surface area contributed by atoms with Crippen molar-refractivity contribution >= 4 is 18.2 Å². The highest BCUT2D eigenvalue weighted by atomic mass is 19.2. The standard InChI is InChI=1S/C14H9BF6O/c1-5-7(3-6(16)4-8(5)17)15-9-10(18)12(20)14(22-2)13(21)11(9)19/h3-4,15H,1-2H3. The minimum absolute atomic E-state index is 0.0724. The van der Waals surface area contributed by atoms with Crippen LogP contribution in [-0.2, 0) is 0 Å². The fourth-order valence-corrected chi connectivity index (χ4v) is 2.06. The molecule has 0 N–H and O–H groups in total. The molecule has 0 heterocycles. The van der Waals surface area contributed by atoms with Crippen molar-refractivity contribution in [3.05, 3.63) is 52.6 Å². The Labute approximate surface area is 122 Å². The maximum absolute atomic E-state index is 13.9. The van der Waals surface area contributed by atoms with Gasteiger partial charge in [-0.2, -0.15) is 8.78 Å². The Kier molecular flexibility index (Phi) is 4.39. The third kappa shape index (κ3) is 2.65. The van der Waals surface area contributed by atoms with Gasteiger partial charge in [0.2, 0.25) is 18.9 Å². The van der Waals surface area contributed by atoms with E-state index in [-0.39, 0.29) is 11.0 Å². The van der Waals surface area contributed by atoms with Crippen molar-refractivity contribution in [3.8, 4) is 5.75 Å². The largest absolute Gasteiger partial charge is 0.491 e. The van der Waals surface area contributed by atoms with Gasteiger partial charge in [-0.25, -0.2) is 17.6 Å². The van der Waals surface area contributed by atoms with Crippen molar-refractivity contribution in [1.29, 1.82) is 0 Å². The van der Waals surface area contributed by atoms with Crippen LogP contribution in [0.1, 0.15) is 5.56 Å². The number of ether oxygens (including phenoxy) is 1. The first kappa shape index (κ1) is 16.3. The smallest absolute Gasteiger partial charge is 0.203 e. The SMILES string of the molecule is COc1c(F)c(F)c(Bc2cc(F)cc(F)c2C)c(F)c1F. The van der Waals surface area contributed by atoms with E-state index in [4.69, 9.17) is 0 Å². The number of halogens is 6. The molecule has 0 aliphatic heterocycles. The van der Waals surface area contributed by atoms with Crippen LogP contribution in [0.2, 0.25) is 0 Å². The van der Waals surface area contributed by atoms with Crippen LogP contribution in [0.15, 0.2) is 12.1 Å². The molecule has 0 atom stereocenters. The molecule has 0 aromatic heterocycles. The summed E-state index contributed by atoms with van der Waals surface area (Å²) in [6.07, 6.45) is 0. The number of hydrogen-bond acceptors (Lipinski definition) is 1. The summed E-state index contributed by atoms with van der Waals surface area (Å²) in [4.78, 5) is 0. The van der Waals surface area contributed by atoms with Gasteiger partial charge in [0.1, 0.15) is 11.6 Å². The van der Waals surface area contributed by atoms with Crippen molar-refractivity contribution in [2.75, 3.05) is 7.11 Å². The molecule has 22 heavy (non-hydrogen) atoms. The van der Waals surface area contributed by atoms with Gasteiger partial charge in [0.05, 0.1) is 7.11 Å². The van der Waals surface area contributed by atoms with E-state index in [2.05, 4.69) is 4.74 Å². The highest BCUT2D eigenvalue weighted by molar-refractivity contribution is 6.68. The van der Waals surface area contributed by atoms with E-state index in [1.807, 2.05) is 0 Å². The molecule has 0 saturated carbocycles. The molecular weight excluding hydrogens is 309 g/mol. The fourth-order valence-electron chi connectivity index (χ4n) is 2.06. The van der Waals surface area contributed by atoms with Crippen molar-refractivity contribution in [1.82, 2.24) is 0 Å². The Hall–Kier alpha value is -2.12. The molecule has 0 bridgehead atoms. The Morgan fingerprint density at radius 2 is 1.41 bits per heavy atom. The molecule has 0 fully saturated rings. The summed E-state index contributed by atoms with van der Waals surface area (Å²) in [6, 6.07) is 1.44. The minimum Gasteiger partial charge on any atom is -0.491 e. The Morgan fingerprint density at radius 3 is 1.91 bits per heavy atom. The topological polar surface area (TPSA) is 9.23 Å². The van der Waals surface area contributed by atoms with Gasteiger partial charge >= 0.3 is 0 Å². The lowest BCUT2D eigenvalue weighted by atomic mass is 9.62. The first-order chi connectivity index (χ1) is 10.3. The number of rotatable bonds is 3. The van der Waals surface area contributed by atoms with Gasteiger partial charge in [-0.3, -0.25) is 0 Å². The van der Waals surface area contributed by atoms with E-state index < -0.39 is 53.4 Å². The quantitative estimate of drug-likeness (QED) is 0.479. The monoisotopic (exact) mass is 318 g/mol. The lowest BCUT2D eigenvalue weighted by molar-refractivity contribution is 0.335. The molecule has 0 radical (unpaired) electrons. The van der Waals surface area contributed by atoms with E-state index in [0.717, 1.165) is 13.2 Å². The molecule has 116 valence electrons. The van der Waals surface area contributed by atoms with Crippen molar-refractivity contribution < 1.29 is 31.1 Å². The first-order valence-corrected chi connectivity index (χ1v) is 6.11. The molecule has 0 unspecified atom stereocenters. The summed E-state index contributed by atoms with van der Waals surface area (Å²) in [6.45, 7) is 1.26. The molecule has 0 amide bonds. The van der Waals surface area contributed by atoms with E-state index in [1.165, 1.54) is 6.92 Å². The average Bonchev–Trinajstić information content (AvgIpc) is 2.47. The fraction of sp³-hybridized carbons (Fsp3) is 0.143. The Morgan fingerprint density at radius 1 is 0.864 bits per heavy atom. The summed E-state index contributed by atoms with van der Waals surface area (Å²) in [7, 11) is 0.141. The molecule has 0 spiro atoms. The van der Waals surface area contributed by atoms with Gasteiger partial charge in [0.25, 0.3) is 0 Å². The van der Waals surface area contributed by atoms with Crippen LogP contribution < -0.4 is 15.7 Å². The van der Waals surface area contributed by atoms with E-state index >= 15 is 0 Å². The van der Waals surface area contributed by atoms with Gasteiger partial charge in [-0.15, -0.1) is 0 Å². The molecule has 2 aromatic rings. The summed E-state index contributed by atoms with van der Waals surface area (Å²) in [5, 5.41) is 0. The van der Waals surface area contributed by atoms with Crippen molar-refractivity contribution in [2.24, 2.45) is 0 Å². The van der Waals surface area contributed by atoms with E-state index in [1.54, 1.807) is 0 Å².